The summed E-state index contributed by atoms with van der Waals surface area (Å²) in [4.78, 5) is 14.0. The van der Waals surface area contributed by atoms with Crippen LogP contribution in [0.4, 0.5) is 0 Å². The van der Waals surface area contributed by atoms with Crippen molar-refractivity contribution in [2.75, 3.05) is 26.8 Å². The topological polar surface area (TPSA) is 64.6 Å². The molecule has 0 radical (unpaired) electrons. The number of carbonyl (C=O) groups is 1. The van der Waals surface area contributed by atoms with E-state index in [9.17, 15) is 4.79 Å². The van der Waals surface area contributed by atoms with E-state index in [1.165, 1.54) is 12.4 Å². The Kier molecular flexibility index (Phi) is 3.20. The van der Waals surface area contributed by atoms with Gasteiger partial charge in [0.15, 0.2) is 0 Å². The summed E-state index contributed by atoms with van der Waals surface area (Å²) in [6.07, 6.45) is 5.06. The molecule has 1 amide bonds. The molecule has 1 aromatic heterocycles. The first-order chi connectivity index (χ1) is 9.22. The summed E-state index contributed by atoms with van der Waals surface area (Å²) >= 11 is 0. The van der Waals surface area contributed by atoms with Crippen molar-refractivity contribution in [1.82, 2.24) is 15.1 Å². The van der Waals surface area contributed by atoms with Crippen molar-refractivity contribution in [3.63, 3.8) is 0 Å². The lowest BCUT2D eigenvalue weighted by molar-refractivity contribution is -0.181. The molecule has 19 heavy (non-hydrogen) atoms. The molecule has 3 heterocycles. The zero-order valence-electron chi connectivity index (χ0n) is 10.9. The molecule has 2 saturated heterocycles. The Morgan fingerprint density at radius 2 is 2.37 bits per heavy atom. The average molecular weight is 263 g/mol. The molecular weight excluding hydrogens is 246 g/mol. The first-order valence-corrected chi connectivity index (χ1v) is 6.45. The monoisotopic (exact) mass is 263 g/mol. The minimum Gasteiger partial charge on any atom is -0.381 e. The number of aromatic nitrogens is 2. The SMILES string of the molecule is COC1CCOC2(C1)CN(C(=O)c1ccnnc1)C2. The summed E-state index contributed by atoms with van der Waals surface area (Å²) in [6.45, 7) is 1.97. The smallest absolute Gasteiger partial charge is 0.255 e. The van der Waals surface area contributed by atoms with E-state index in [2.05, 4.69) is 10.2 Å². The van der Waals surface area contributed by atoms with Crippen molar-refractivity contribution >= 4 is 5.91 Å². The third kappa shape index (κ3) is 2.33. The van der Waals surface area contributed by atoms with Gasteiger partial charge < -0.3 is 14.4 Å². The number of hydrogen-bond donors (Lipinski definition) is 0. The van der Waals surface area contributed by atoms with Crippen LogP contribution in [-0.2, 0) is 9.47 Å². The number of rotatable bonds is 2. The van der Waals surface area contributed by atoms with Crippen LogP contribution in [0.2, 0.25) is 0 Å². The quantitative estimate of drug-likeness (QED) is 0.777. The number of methoxy groups -OCH3 is 1. The van der Waals surface area contributed by atoms with Crippen LogP contribution in [0.5, 0.6) is 0 Å². The van der Waals surface area contributed by atoms with Gasteiger partial charge in [-0.15, -0.1) is 0 Å². The Hall–Kier alpha value is -1.53. The number of hydrogen-bond acceptors (Lipinski definition) is 5. The van der Waals surface area contributed by atoms with Crippen molar-refractivity contribution in [1.29, 1.82) is 0 Å². The number of ether oxygens (including phenoxy) is 2. The molecular formula is C13H17N3O3. The van der Waals surface area contributed by atoms with Gasteiger partial charge in [-0.05, 0) is 12.5 Å². The van der Waals surface area contributed by atoms with Crippen LogP contribution in [0.25, 0.3) is 0 Å². The van der Waals surface area contributed by atoms with Crippen LogP contribution in [0.15, 0.2) is 18.5 Å². The Labute approximate surface area is 111 Å². The third-order valence-electron chi connectivity index (χ3n) is 3.86. The van der Waals surface area contributed by atoms with Gasteiger partial charge in [0, 0.05) is 20.1 Å². The zero-order chi connectivity index (χ0) is 13.3. The molecule has 2 aliphatic rings. The molecule has 1 atom stereocenters. The molecule has 1 spiro atoms. The Bertz CT molecular complexity index is 459. The normalized spacial score (nSPS) is 25.1. The second-order valence-corrected chi connectivity index (χ2v) is 5.17. The molecule has 6 heteroatoms. The molecule has 102 valence electrons. The summed E-state index contributed by atoms with van der Waals surface area (Å²) in [5.74, 6) is -0.0105. The van der Waals surface area contributed by atoms with E-state index in [-0.39, 0.29) is 17.6 Å². The van der Waals surface area contributed by atoms with Gasteiger partial charge in [-0.2, -0.15) is 10.2 Å². The number of amides is 1. The summed E-state index contributed by atoms with van der Waals surface area (Å²) in [7, 11) is 1.73. The minimum atomic E-state index is -0.199. The standard InChI is InChI=1S/C13H17N3O3/c1-18-11-3-5-19-13(6-11)8-16(9-13)12(17)10-2-4-14-15-7-10/h2,4,7,11H,3,5-6,8-9H2,1H3. The van der Waals surface area contributed by atoms with Gasteiger partial charge in [-0.1, -0.05) is 0 Å². The van der Waals surface area contributed by atoms with Crippen LogP contribution < -0.4 is 0 Å². The summed E-state index contributed by atoms with van der Waals surface area (Å²) in [6, 6.07) is 1.68. The lowest BCUT2D eigenvalue weighted by atomic mass is 9.84. The van der Waals surface area contributed by atoms with Crippen molar-refractivity contribution < 1.29 is 14.3 Å². The molecule has 6 nitrogen and oxygen atoms in total. The van der Waals surface area contributed by atoms with E-state index in [4.69, 9.17) is 9.47 Å². The Balaban J connectivity index is 1.62. The molecule has 0 bridgehead atoms. The molecule has 0 aromatic carbocycles. The fourth-order valence-corrected chi connectivity index (χ4v) is 2.80. The molecule has 3 rings (SSSR count). The highest BCUT2D eigenvalue weighted by Crippen LogP contribution is 2.35. The summed E-state index contributed by atoms with van der Waals surface area (Å²) in [5, 5.41) is 7.40. The number of nitrogens with zero attached hydrogens (tertiary/aromatic N) is 3. The Morgan fingerprint density at radius 1 is 1.53 bits per heavy atom. The van der Waals surface area contributed by atoms with Gasteiger partial charge in [0.25, 0.3) is 5.91 Å². The maximum absolute atomic E-state index is 12.2. The number of likely N-dealkylation sites (tertiary alicyclic amines) is 1. The first kappa shape index (κ1) is 12.5. The summed E-state index contributed by atoms with van der Waals surface area (Å²) in [5.41, 5.74) is 0.374. The van der Waals surface area contributed by atoms with Crippen LogP contribution in [-0.4, -0.2) is 59.5 Å². The highest BCUT2D eigenvalue weighted by atomic mass is 16.5. The Morgan fingerprint density at radius 3 is 3.05 bits per heavy atom. The zero-order valence-corrected chi connectivity index (χ0v) is 10.9. The van der Waals surface area contributed by atoms with E-state index < -0.39 is 0 Å². The van der Waals surface area contributed by atoms with Crippen LogP contribution >= 0.6 is 0 Å². The molecule has 1 unspecified atom stereocenters. The largest absolute Gasteiger partial charge is 0.381 e. The maximum Gasteiger partial charge on any atom is 0.255 e. The van der Waals surface area contributed by atoms with E-state index in [0.29, 0.717) is 25.3 Å². The van der Waals surface area contributed by atoms with Gasteiger partial charge in [-0.25, -0.2) is 0 Å². The second kappa shape index (κ2) is 4.86. The van der Waals surface area contributed by atoms with E-state index in [1.54, 1.807) is 18.1 Å². The van der Waals surface area contributed by atoms with Crippen molar-refractivity contribution in [3.05, 3.63) is 24.0 Å². The molecule has 2 fully saturated rings. The molecule has 0 saturated carbocycles. The van der Waals surface area contributed by atoms with Gasteiger partial charge in [-0.3, -0.25) is 4.79 Å². The fourth-order valence-electron chi connectivity index (χ4n) is 2.80. The fraction of sp³-hybridized carbons (Fsp3) is 0.615. The molecule has 0 N–H and O–H groups in total. The predicted molar refractivity (Wildman–Crippen MR) is 66.6 cm³/mol. The third-order valence-corrected chi connectivity index (χ3v) is 3.86. The van der Waals surface area contributed by atoms with Crippen LogP contribution in [0.3, 0.4) is 0 Å². The van der Waals surface area contributed by atoms with Crippen LogP contribution in [0, 0.1) is 0 Å². The van der Waals surface area contributed by atoms with E-state index in [0.717, 1.165) is 12.8 Å². The highest BCUT2D eigenvalue weighted by molar-refractivity contribution is 5.94. The van der Waals surface area contributed by atoms with Crippen molar-refractivity contribution in [2.45, 2.75) is 24.5 Å². The van der Waals surface area contributed by atoms with E-state index >= 15 is 0 Å². The van der Waals surface area contributed by atoms with E-state index in [1.807, 2.05) is 0 Å². The second-order valence-electron chi connectivity index (χ2n) is 5.17. The van der Waals surface area contributed by atoms with Crippen molar-refractivity contribution in [3.8, 4) is 0 Å². The molecule has 2 aliphatic heterocycles. The average Bonchev–Trinajstić information content (AvgIpc) is 2.45. The lowest BCUT2D eigenvalue weighted by Gasteiger charge is -2.52. The summed E-state index contributed by atoms with van der Waals surface area (Å²) < 4.78 is 11.2. The van der Waals surface area contributed by atoms with Gasteiger partial charge in [0.2, 0.25) is 0 Å². The van der Waals surface area contributed by atoms with Crippen LogP contribution in [0.1, 0.15) is 23.2 Å². The first-order valence-electron chi connectivity index (χ1n) is 6.45. The predicted octanol–water partition coefficient (Wildman–Crippen LogP) is 0.497. The van der Waals surface area contributed by atoms with Gasteiger partial charge >= 0.3 is 0 Å². The van der Waals surface area contributed by atoms with Gasteiger partial charge in [0.05, 0.1) is 37.2 Å². The molecule has 0 aliphatic carbocycles. The maximum atomic E-state index is 12.2. The van der Waals surface area contributed by atoms with Crippen molar-refractivity contribution in [2.24, 2.45) is 0 Å². The molecule has 1 aromatic rings. The van der Waals surface area contributed by atoms with Gasteiger partial charge in [0.1, 0.15) is 5.60 Å². The number of carbonyl (C=O) groups excluding carboxylic acids is 1. The lowest BCUT2D eigenvalue weighted by Crippen LogP contribution is -2.67. The highest BCUT2D eigenvalue weighted by Gasteiger charge is 2.49. The minimum absolute atomic E-state index is 0.0105.